The molecule has 0 heterocycles. The summed E-state index contributed by atoms with van der Waals surface area (Å²) in [6.07, 6.45) is 7.57. The summed E-state index contributed by atoms with van der Waals surface area (Å²) in [6, 6.07) is 4.10. The molecule has 3 atom stereocenters. The topological polar surface area (TPSA) is 72.6 Å². The summed E-state index contributed by atoms with van der Waals surface area (Å²) in [5.74, 6) is 3.28. The van der Waals surface area contributed by atoms with Gasteiger partial charge < -0.3 is 15.4 Å². The van der Waals surface area contributed by atoms with Crippen LogP contribution in [0.3, 0.4) is 0 Å². The largest absolute Gasteiger partial charge is 0.467 e. The lowest BCUT2D eigenvalue weighted by Crippen LogP contribution is -2.48. The Labute approximate surface area is 170 Å². The highest BCUT2D eigenvalue weighted by molar-refractivity contribution is 5.84. The van der Waals surface area contributed by atoms with E-state index in [4.69, 9.17) is 10.5 Å². The minimum absolute atomic E-state index is 0.0672. The van der Waals surface area contributed by atoms with Crippen molar-refractivity contribution in [1.82, 2.24) is 4.90 Å². The van der Waals surface area contributed by atoms with E-state index >= 15 is 0 Å². The van der Waals surface area contributed by atoms with E-state index in [1.54, 1.807) is 12.1 Å². The SMILES string of the molecule is COC(=O)C(c1cccc(F)c1)N(C(N)=O)C1CC1C1C2CC3CC(C2)CC1C3. The molecule has 2 N–H and O–H groups in total. The fraction of sp³-hybridized carbons (Fsp3) is 0.652. The predicted octanol–water partition coefficient (Wildman–Crippen LogP) is 3.88. The van der Waals surface area contributed by atoms with Crippen molar-refractivity contribution in [3.8, 4) is 0 Å². The summed E-state index contributed by atoms with van der Waals surface area (Å²) in [5.41, 5.74) is 6.18. The Kier molecular flexibility index (Phi) is 4.56. The number of ether oxygens (including phenoxy) is 1. The van der Waals surface area contributed by atoms with Gasteiger partial charge in [-0.25, -0.2) is 14.0 Å². The van der Waals surface area contributed by atoms with Crippen LogP contribution >= 0.6 is 0 Å². The minimum atomic E-state index is -1.000. The number of primary amides is 1. The molecule has 6 rings (SSSR count). The molecule has 5 saturated carbocycles. The molecule has 29 heavy (non-hydrogen) atoms. The van der Waals surface area contributed by atoms with Gasteiger partial charge in [0.1, 0.15) is 5.82 Å². The molecular weight excluding hydrogens is 371 g/mol. The number of halogens is 1. The molecule has 6 heteroatoms. The molecule has 5 fully saturated rings. The number of nitrogens with zero attached hydrogens (tertiary/aromatic N) is 1. The Morgan fingerprint density at radius 3 is 2.31 bits per heavy atom. The number of hydrogen-bond acceptors (Lipinski definition) is 3. The number of hydrogen-bond donors (Lipinski definition) is 1. The van der Waals surface area contributed by atoms with Gasteiger partial charge in [0.05, 0.1) is 7.11 Å². The predicted molar refractivity (Wildman–Crippen MR) is 105 cm³/mol. The second kappa shape index (κ2) is 6.99. The van der Waals surface area contributed by atoms with Crippen molar-refractivity contribution in [2.45, 2.75) is 50.6 Å². The molecule has 5 aliphatic rings. The highest BCUT2D eigenvalue weighted by atomic mass is 19.1. The fourth-order valence-corrected chi connectivity index (χ4v) is 7.28. The molecule has 156 valence electrons. The molecule has 5 aliphatic carbocycles. The smallest absolute Gasteiger partial charge is 0.333 e. The molecule has 0 aliphatic heterocycles. The van der Waals surface area contributed by atoms with Gasteiger partial charge in [0.25, 0.3) is 0 Å². The molecule has 1 aromatic carbocycles. The average molecular weight is 400 g/mol. The molecule has 3 unspecified atom stereocenters. The summed E-state index contributed by atoms with van der Waals surface area (Å²) < 4.78 is 18.8. The fourth-order valence-electron chi connectivity index (χ4n) is 7.28. The van der Waals surface area contributed by atoms with Gasteiger partial charge in [-0.05, 0) is 91.7 Å². The molecule has 0 spiro atoms. The number of carbonyl (C=O) groups excluding carboxylic acids is 2. The van der Waals surface area contributed by atoms with Crippen LogP contribution in [-0.2, 0) is 9.53 Å². The first kappa shape index (κ1) is 18.9. The molecule has 0 saturated heterocycles. The van der Waals surface area contributed by atoms with Crippen molar-refractivity contribution >= 4 is 12.0 Å². The maximum absolute atomic E-state index is 13.9. The number of nitrogens with two attached hydrogens (primary N) is 1. The van der Waals surface area contributed by atoms with Crippen molar-refractivity contribution in [3.63, 3.8) is 0 Å². The highest BCUT2D eigenvalue weighted by Crippen LogP contribution is 2.63. The zero-order valence-electron chi connectivity index (χ0n) is 16.8. The summed E-state index contributed by atoms with van der Waals surface area (Å²) >= 11 is 0. The van der Waals surface area contributed by atoms with Gasteiger partial charge in [-0.2, -0.15) is 0 Å². The van der Waals surface area contributed by atoms with Crippen LogP contribution in [0.5, 0.6) is 0 Å². The number of carbonyl (C=O) groups is 2. The lowest BCUT2D eigenvalue weighted by Gasteiger charge is -2.55. The Hall–Kier alpha value is -2.11. The number of esters is 1. The van der Waals surface area contributed by atoms with Gasteiger partial charge in [-0.1, -0.05) is 12.1 Å². The van der Waals surface area contributed by atoms with E-state index < -0.39 is 23.9 Å². The van der Waals surface area contributed by atoms with Crippen LogP contribution in [0.1, 0.15) is 50.1 Å². The summed E-state index contributed by atoms with van der Waals surface area (Å²) in [6.45, 7) is 0. The Morgan fingerprint density at radius 2 is 1.76 bits per heavy atom. The number of urea groups is 1. The van der Waals surface area contributed by atoms with E-state index in [-0.39, 0.29) is 6.04 Å². The zero-order chi connectivity index (χ0) is 20.3. The van der Waals surface area contributed by atoms with Gasteiger partial charge >= 0.3 is 12.0 Å². The quantitative estimate of drug-likeness (QED) is 0.763. The van der Waals surface area contributed by atoms with E-state index in [1.807, 2.05) is 0 Å². The average Bonchev–Trinajstić information content (AvgIpc) is 3.44. The van der Waals surface area contributed by atoms with Crippen molar-refractivity contribution in [2.24, 2.45) is 41.2 Å². The molecule has 0 aromatic heterocycles. The Morgan fingerprint density at radius 1 is 1.10 bits per heavy atom. The minimum Gasteiger partial charge on any atom is -0.467 e. The first-order valence-electron chi connectivity index (χ1n) is 10.9. The van der Waals surface area contributed by atoms with Crippen molar-refractivity contribution in [3.05, 3.63) is 35.6 Å². The monoisotopic (exact) mass is 400 g/mol. The van der Waals surface area contributed by atoms with E-state index in [9.17, 15) is 14.0 Å². The highest BCUT2D eigenvalue weighted by Gasteiger charge is 2.59. The standard InChI is InChI=1S/C23H29FN2O3/c1-29-22(27)21(14-3-2-4-17(24)10-14)26(23(25)28)19-11-18(19)20-15-6-12-5-13(8-15)9-16(20)7-12/h2-4,10,12-13,15-16,18-21H,5-9,11H2,1H3,(H2,25,28). The first-order chi connectivity index (χ1) is 14.0. The van der Waals surface area contributed by atoms with Gasteiger partial charge in [0.15, 0.2) is 6.04 Å². The van der Waals surface area contributed by atoms with Crippen LogP contribution < -0.4 is 5.73 Å². The maximum Gasteiger partial charge on any atom is 0.333 e. The van der Waals surface area contributed by atoms with Crippen molar-refractivity contribution in [1.29, 1.82) is 0 Å². The van der Waals surface area contributed by atoms with E-state index in [2.05, 4.69) is 0 Å². The van der Waals surface area contributed by atoms with E-state index in [0.29, 0.717) is 17.4 Å². The summed E-state index contributed by atoms with van der Waals surface area (Å²) in [4.78, 5) is 26.6. The van der Waals surface area contributed by atoms with Gasteiger partial charge in [0.2, 0.25) is 0 Å². The molecule has 5 nitrogen and oxygen atoms in total. The second-order valence-corrected chi connectivity index (χ2v) is 9.70. The molecule has 0 radical (unpaired) electrons. The van der Waals surface area contributed by atoms with Gasteiger partial charge in [-0.15, -0.1) is 0 Å². The molecular formula is C23H29FN2O3. The van der Waals surface area contributed by atoms with E-state index in [0.717, 1.165) is 30.1 Å². The molecule has 4 bridgehead atoms. The van der Waals surface area contributed by atoms with Crippen molar-refractivity contribution < 1.29 is 18.7 Å². The number of rotatable bonds is 5. The Balaban J connectivity index is 1.41. The van der Waals surface area contributed by atoms with Crippen LogP contribution in [-0.4, -0.2) is 30.1 Å². The number of benzene rings is 1. The lowest BCUT2D eigenvalue weighted by atomic mass is 9.51. The van der Waals surface area contributed by atoms with Crippen LogP contribution in [0.4, 0.5) is 9.18 Å². The molecule has 1 aromatic rings. The maximum atomic E-state index is 13.9. The number of amides is 2. The number of methoxy groups -OCH3 is 1. The first-order valence-corrected chi connectivity index (χ1v) is 10.9. The Bertz CT molecular complexity index is 800. The summed E-state index contributed by atoms with van der Waals surface area (Å²) in [7, 11) is 1.29. The van der Waals surface area contributed by atoms with Crippen LogP contribution in [0, 0.1) is 41.3 Å². The van der Waals surface area contributed by atoms with Crippen LogP contribution in [0.15, 0.2) is 24.3 Å². The second-order valence-electron chi connectivity index (χ2n) is 9.70. The van der Waals surface area contributed by atoms with Gasteiger partial charge in [-0.3, -0.25) is 0 Å². The van der Waals surface area contributed by atoms with Gasteiger partial charge in [0, 0.05) is 6.04 Å². The summed E-state index contributed by atoms with van der Waals surface area (Å²) in [5, 5.41) is 0. The third-order valence-electron chi connectivity index (χ3n) is 8.08. The van der Waals surface area contributed by atoms with Crippen LogP contribution in [0.2, 0.25) is 0 Å². The molecule has 2 amide bonds. The van der Waals surface area contributed by atoms with Crippen LogP contribution in [0.25, 0.3) is 0 Å². The third kappa shape index (κ3) is 3.21. The third-order valence-corrected chi connectivity index (χ3v) is 8.08. The van der Waals surface area contributed by atoms with E-state index in [1.165, 1.54) is 56.2 Å². The lowest BCUT2D eigenvalue weighted by molar-refractivity contribution is -0.146. The zero-order valence-corrected chi connectivity index (χ0v) is 16.8. The van der Waals surface area contributed by atoms with Crippen molar-refractivity contribution in [2.75, 3.05) is 7.11 Å². The normalized spacial score (nSPS) is 37.8.